The highest BCUT2D eigenvalue weighted by molar-refractivity contribution is 7.80. The molecule has 1 heterocycles. The summed E-state index contributed by atoms with van der Waals surface area (Å²) in [5.74, 6) is 5.76. The highest BCUT2D eigenvalue weighted by atomic mass is 32.1. The molecule has 0 atom stereocenters. The number of nitrogens with one attached hydrogen (secondary N) is 1. The number of phenolic OH excluding ortho intramolecular Hbond substituents is 1. The van der Waals surface area contributed by atoms with E-state index in [1.54, 1.807) is 30.4 Å². The maximum Gasteiger partial charge on any atom is 0.161 e. The molecular weight excluding hydrogens is 374 g/mol. The molecule has 3 aromatic rings. The number of anilines is 1. The minimum atomic E-state index is 0.0785. The van der Waals surface area contributed by atoms with Crippen LogP contribution in [0.1, 0.15) is 25.0 Å². The smallest absolute Gasteiger partial charge is 0.161 e. The van der Waals surface area contributed by atoms with E-state index in [4.69, 9.17) is 28.4 Å². The molecule has 0 bridgehead atoms. The summed E-state index contributed by atoms with van der Waals surface area (Å²) >= 11 is 5.40. The highest BCUT2D eigenvalue weighted by Gasteiger charge is 2.21. The Bertz CT molecular complexity index is 1000. The molecule has 0 fully saturated rings. The first-order chi connectivity index (χ1) is 13.5. The zero-order valence-corrected chi connectivity index (χ0v) is 16.4. The molecule has 4 N–H and O–H groups in total. The first-order valence-electron chi connectivity index (χ1n) is 8.66. The molecule has 0 radical (unpaired) electrons. The normalized spacial score (nSPS) is 10.5. The molecule has 0 saturated carbocycles. The van der Waals surface area contributed by atoms with Crippen molar-refractivity contribution in [1.29, 1.82) is 5.41 Å². The molecule has 0 aliphatic heterocycles. The second-order valence-electron chi connectivity index (χ2n) is 6.14. The first kappa shape index (κ1) is 19.5. The van der Waals surface area contributed by atoms with E-state index in [1.165, 1.54) is 6.07 Å². The van der Waals surface area contributed by atoms with Crippen LogP contribution in [0.2, 0.25) is 0 Å². The van der Waals surface area contributed by atoms with Gasteiger partial charge in [0, 0.05) is 29.8 Å². The lowest BCUT2D eigenvalue weighted by Gasteiger charge is -2.25. The van der Waals surface area contributed by atoms with E-state index in [-0.39, 0.29) is 17.3 Å². The lowest BCUT2D eigenvalue weighted by atomic mass is 10.0. The Morgan fingerprint density at radius 1 is 1.32 bits per heavy atom. The molecule has 144 valence electrons. The number of hydrogen-bond acceptors (Lipinski definition) is 6. The van der Waals surface area contributed by atoms with Crippen LogP contribution in [0, 0.1) is 5.41 Å². The average molecular weight is 395 g/mol. The van der Waals surface area contributed by atoms with Crippen molar-refractivity contribution < 1.29 is 9.94 Å². The van der Waals surface area contributed by atoms with E-state index in [2.05, 4.69) is 4.98 Å². The Balaban J connectivity index is 2.01. The number of aryl methyl sites for hydroxylation is 1. The third-order valence-corrected chi connectivity index (χ3v) is 4.58. The van der Waals surface area contributed by atoms with Crippen molar-refractivity contribution in [3.05, 3.63) is 66.2 Å². The third-order valence-electron chi connectivity index (χ3n) is 4.39. The summed E-state index contributed by atoms with van der Waals surface area (Å²) in [6.07, 6.45) is 5.88. The van der Waals surface area contributed by atoms with Gasteiger partial charge in [0.2, 0.25) is 0 Å². The molecule has 0 aliphatic rings. The molecule has 0 saturated heterocycles. The summed E-state index contributed by atoms with van der Waals surface area (Å²) in [6.45, 7) is 3.67. The summed E-state index contributed by atoms with van der Waals surface area (Å²) in [5, 5.41) is 18.8. The Morgan fingerprint density at radius 2 is 2.04 bits per heavy atom. The Labute approximate surface area is 168 Å². The van der Waals surface area contributed by atoms with Crippen LogP contribution in [-0.2, 0) is 6.42 Å². The van der Waals surface area contributed by atoms with Gasteiger partial charge < -0.3 is 14.5 Å². The number of thiocarbonyl (C=S) groups is 1. The van der Waals surface area contributed by atoms with Crippen molar-refractivity contribution in [3.63, 3.8) is 0 Å². The van der Waals surface area contributed by atoms with Crippen LogP contribution in [0.4, 0.5) is 5.69 Å². The van der Waals surface area contributed by atoms with Crippen molar-refractivity contribution >= 4 is 28.7 Å². The molecule has 1 aromatic heterocycles. The number of aromatic hydroxyl groups is 1. The first-order valence-corrected chi connectivity index (χ1v) is 9.07. The molecule has 2 aromatic carbocycles. The summed E-state index contributed by atoms with van der Waals surface area (Å²) in [6, 6.07) is 10.7. The van der Waals surface area contributed by atoms with Gasteiger partial charge >= 0.3 is 0 Å². The second kappa shape index (κ2) is 8.20. The molecule has 3 rings (SSSR count). The van der Waals surface area contributed by atoms with E-state index in [0.717, 1.165) is 11.4 Å². The van der Waals surface area contributed by atoms with E-state index >= 15 is 0 Å². The van der Waals surface area contributed by atoms with Crippen molar-refractivity contribution in [3.8, 4) is 17.2 Å². The molecule has 0 spiro atoms. The van der Waals surface area contributed by atoms with Gasteiger partial charge in [0.15, 0.2) is 5.75 Å². The summed E-state index contributed by atoms with van der Waals surface area (Å²) in [7, 11) is 0. The van der Waals surface area contributed by atoms with E-state index in [9.17, 15) is 5.11 Å². The van der Waals surface area contributed by atoms with Gasteiger partial charge in [-0.2, -0.15) is 5.90 Å². The van der Waals surface area contributed by atoms with E-state index < -0.39 is 0 Å². The second-order valence-corrected chi connectivity index (χ2v) is 6.73. The zero-order chi connectivity index (χ0) is 20.3. The molecule has 0 amide bonds. The number of rotatable bonds is 5. The molecule has 7 nitrogen and oxygen atoms in total. The molecule has 8 heteroatoms. The number of nitrogens with zero attached hydrogens (tertiary/aromatic N) is 3. The average Bonchev–Trinajstić information content (AvgIpc) is 3.22. The Hall–Kier alpha value is -3.23. The van der Waals surface area contributed by atoms with Crippen LogP contribution in [0.5, 0.6) is 11.5 Å². The fraction of sp³-hybridized carbons (Fsp3) is 0.150. The number of phenols is 1. The van der Waals surface area contributed by atoms with Crippen molar-refractivity contribution in [1.82, 2.24) is 9.55 Å². The fourth-order valence-electron chi connectivity index (χ4n) is 2.95. The van der Waals surface area contributed by atoms with Gasteiger partial charge in [0.25, 0.3) is 0 Å². The van der Waals surface area contributed by atoms with Crippen molar-refractivity contribution in [2.24, 2.45) is 5.90 Å². The number of benzene rings is 2. The fourth-order valence-corrected chi connectivity index (χ4v) is 3.15. The Morgan fingerprint density at radius 3 is 2.57 bits per heavy atom. The SMILES string of the molecule is CCc1cc(C(=N)N(C(C)=S)c2ccc(-n3ccnc3)cc2)c(ON)cc1O. The molecule has 28 heavy (non-hydrogen) atoms. The summed E-state index contributed by atoms with van der Waals surface area (Å²) in [4.78, 5) is 11.1. The summed E-state index contributed by atoms with van der Waals surface area (Å²) in [5.41, 5.74) is 2.81. The number of hydrogen-bond donors (Lipinski definition) is 3. The van der Waals surface area contributed by atoms with Crippen LogP contribution >= 0.6 is 12.2 Å². The lowest BCUT2D eigenvalue weighted by molar-refractivity contribution is 0.331. The van der Waals surface area contributed by atoms with Gasteiger partial charge in [0.05, 0.1) is 16.9 Å². The quantitative estimate of drug-likeness (QED) is 0.264. The summed E-state index contributed by atoms with van der Waals surface area (Å²) < 4.78 is 1.89. The van der Waals surface area contributed by atoms with Crippen LogP contribution in [0.15, 0.2) is 55.1 Å². The predicted octanol–water partition coefficient (Wildman–Crippen LogP) is 3.57. The highest BCUT2D eigenvalue weighted by Crippen LogP contribution is 2.31. The number of aromatic nitrogens is 2. The van der Waals surface area contributed by atoms with Crippen LogP contribution in [0.3, 0.4) is 0 Å². The van der Waals surface area contributed by atoms with E-state index in [1.807, 2.05) is 42.0 Å². The Kier molecular flexibility index (Phi) is 5.72. The minimum Gasteiger partial charge on any atom is -0.508 e. The number of amidine groups is 1. The predicted molar refractivity (Wildman–Crippen MR) is 113 cm³/mol. The number of imidazole rings is 1. The van der Waals surface area contributed by atoms with Crippen LogP contribution < -0.4 is 15.6 Å². The third kappa shape index (κ3) is 3.73. The zero-order valence-electron chi connectivity index (χ0n) is 15.6. The van der Waals surface area contributed by atoms with Crippen molar-refractivity contribution in [2.45, 2.75) is 20.3 Å². The molecule has 0 aliphatic carbocycles. The van der Waals surface area contributed by atoms with Crippen molar-refractivity contribution in [2.75, 3.05) is 4.90 Å². The maximum absolute atomic E-state index is 10.1. The van der Waals surface area contributed by atoms with Gasteiger partial charge in [-0.1, -0.05) is 19.1 Å². The van der Waals surface area contributed by atoms with Gasteiger partial charge in [-0.05, 0) is 49.2 Å². The maximum atomic E-state index is 10.1. The van der Waals surface area contributed by atoms with Gasteiger partial charge in [0.1, 0.15) is 11.6 Å². The molecular formula is C20H21N5O2S. The standard InChI is InChI=1S/C20H21N5O2S/c1-3-14-10-17(19(27-22)11-18(14)26)20(21)25(13(2)28)16-6-4-15(5-7-16)24-9-8-23-12-24/h4-12,21,26H,3,22H2,1-2H3. The minimum absolute atomic E-state index is 0.0785. The number of nitrogens with two attached hydrogens (primary N) is 1. The largest absolute Gasteiger partial charge is 0.508 e. The van der Waals surface area contributed by atoms with Crippen LogP contribution in [0.25, 0.3) is 5.69 Å². The molecule has 0 unspecified atom stereocenters. The van der Waals surface area contributed by atoms with Gasteiger partial charge in [-0.25, -0.2) is 4.98 Å². The van der Waals surface area contributed by atoms with Gasteiger partial charge in [-0.3, -0.25) is 10.3 Å². The monoisotopic (exact) mass is 395 g/mol. The van der Waals surface area contributed by atoms with E-state index in [0.29, 0.717) is 22.5 Å². The lowest BCUT2D eigenvalue weighted by Crippen LogP contribution is -2.34. The van der Waals surface area contributed by atoms with Crippen LogP contribution in [-0.4, -0.2) is 25.5 Å². The topological polar surface area (TPSA) is 100 Å². The van der Waals surface area contributed by atoms with Gasteiger partial charge in [-0.15, -0.1) is 0 Å².